The quantitative estimate of drug-likeness (QED) is 0.734. The largest absolute Gasteiger partial charge is 0.506 e. The van der Waals surface area contributed by atoms with Crippen molar-refractivity contribution >= 4 is 31.9 Å². The maximum Gasteiger partial charge on any atom is 0.143 e. The fraction of sp³-hybridized carbons (Fsp3) is 0.571. The molecule has 0 spiro atoms. The molecule has 3 N–H and O–H groups in total. The predicted molar refractivity (Wildman–Crippen MR) is 83.2 cm³/mol. The molecule has 1 fully saturated rings. The van der Waals surface area contributed by atoms with Gasteiger partial charge in [-0.2, -0.15) is 0 Å². The highest BCUT2D eigenvalue weighted by Crippen LogP contribution is 2.33. The Morgan fingerprint density at radius 2 is 1.79 bits per heavy atom. The van der Waals surface area contributed by atoms with Gasteiger partial charge in [0, 0.05) is 19.2 Å². The molecule has 5 heteroatoms. The van der Waals surface area contributed by atoms with Crippen LogP contribution in [0.25, 0.3) is 0 Å². The molecular weight excluding hydrogens is 374 g/mol. The number of benzene rings is 1. The van der Waals surface area contributed by atoms with E-state index in [1.165, 1.54) is 12.8 Å². The van der Waals surface area contributed by atoms with Gasteiger partial charge >= 0.3 is 0 Å². The van der Waals surface area contributed by atoms with Crippen LogP contribution in [0.5, 0.6) is 5.75 Å². The monoisotopic (exact) mass is 391 g/mol. The third kappa shape index (κ3) is 3.94. The van der Waals surface area contributed by atoms with Gasteiger partial charge in [0.15, 0.2) is 0 Å². The molecule has 0 saturated heterocycles. The third-order valence-electron chi connectivity index (χ3n) is 3.79. The van der Waals surface area contributed by atoms with E-state index in [9.17, 15) is 10.2 Å². The summed E-state index contributed by atoms with van der Waals surface area (Å²) < 4.78 is 1.39. The number of nitrogens with one attached hydrogen (secondary N) is 1. The second-order valence-corrected chi connectivity index (χ2v) is 6.83. The fourth-order valence-electron chi connectivity index (χ4n) is 2.66. The lowest BCUT2D eigenvalue weighted by Gasteiger charge is -2.31. The first-order valence-electron chi connectivity index (χ1n) is 6.63. The van der Waals surface area contributed by atoms with Crippen molar-refractivity contribution in [1.29, 1.82) is 0 Å². The molecule has 1 aliphatic rings. The molecule has 0 amide bonds. The standard InChI is InChI=1S/C14H19Br2NO2/c15-11-5-9(6-12(16)14(11)19)7-17-13-4-2-1-3-10(13)8-18/h5-6,10,13,17-19H,1-4,7-8H2. The summed E-state index contributed by atoms with van der Waals surface area (Å²) in [6, 6.07) is 4.23. The summed E-state index contributed by atoms with van der Waals surface area (Å²) in [7, 11) is 0. The van der Waals surface area contributed by atoms with E-state index in [0.29, 0.717) is 20.9 Å². The number of aromatic hydroxyl groups is 1. The maximum atomic E-state index is 9.68. The summed E-state index contributed by atoms with van der Waals surface area (Å²) in [6.07, 6.45) is 4.69. The minimum atomic E-state index is 0.231. The second-order valence-electron chi connectivity index (χ2n) is 5.12. The van der Waals surface area contributed by atoms with Crippen LogP contribution in [-0.2, 0) is 6.54 Å². The lowest BCUT2D eigenvalue weighted by atomic mass is 9.85. The zero-order chi connectivity index (χ0) is 13.8. The molecule has 0 aliphatic heterocycles. The van der Waals surface area contributed by atoms with Crippen LogP contribution >= 0.6 is 31.9 Å². The van der Waals surface area contributed by atoms with Crippen molar-refractivity contribution in [1.82, 2.24) is 5.32 Å². The van der Waals surface area contributed by atoms with Gasteiger partial charge in [-0.15, -0.1) is 0 Å². The molecular formula is C14H19Br2NO2. The number of phenolic OH excluding ortho intramolecular Hbond substituents is 1. The van der Waals surface area contributed by atoms with Crippen molar-refractivity contribution in [2.45, 2.75) is 38.3 Å². The van der Waals surface area contributed by atoms with Crippen LogP contribution < -0.4 is 5.32 Å². The predicted octanol–water partition coefficient (Wildman–Crippen LogP) is 3.56. The Labute approximate surface area is 130 Å². The van der Waals surface area contributed by atoms with E-state index in [-0.39, 0.29) is 12.4 Å². The van der Waals surface area contributed by atoms with Crippen LogP contribution in [0.2, 0.25) is 0 Å². The molecule has 3 nitrogen and oxygen atoms in total. The normalized spacial score (nSPS) is 23.5. The molecule has 1 aliphatic carbocycles. The minimum absolute atomic E-state index is 0.231. The number of aliphatic hydroxyl groups excluding tert-OH is 1. The minimum Gasteiger partial charge on any atom is -0.506 e. The molecule has 1 aromatic rings. The smallest absolute Gasteiger partial charge is 0.143 e. The third-order valence-corrected chi connectivity index (χ3v) is 5.00. The average molecular weight is 393 g/mol. The highest BCUT2D eigenvalue weighted by Gasteiger charge is 2.23. The zero-order valence-electron chi connectivity index (χ0n) is 10.7. The number of hydrogen-bond acceptors (Lipinski definition) is 3. The van der Waals surface area contributed by atoms with E-state index in [1.807, 2.05) is 12.1 Å². The van der Waals surface area contributed by atoms with E-state index >= 15 is 0 Å². The summed E-state index contributed by atoms with van der Waals surface area (Å²) in [5.41, 5.74) is 1.11. The van der Waals surface area contributed by atoms with Gasteiger partial charge in [0.05, 0.1) is 8.95 Å². The molecule has 0 bridgehead atoms. The van der Waals surface area contributed by atoms with Crippen molar-refractivity contribution < 1.29 is 10.2 Å². The Hall–Kier alpha value is -0.100. The van der Waals surface area contributed by atoms with Gasteiger partial charge in [-0.1, -0.05) is 12.8 Å². The van der Waals surface area contributed by atoms with Gasteiger partial charge in [0.2, 0.25) is 0 Å². The molecule has 0 radical (unpaired) electrons. The Morgan fingerprint density at radius 1 is 1.16 bits per heavy atom. The molecule has 0 aromatic heterocycles. The first kappa shape index (κ1) is 15.3. The van der Waals surface area contributed by atoms with Crippen LogP contribution in [0.15, 0.2) is 21.1 Å². The van der Waals surface area contributed by atoms with Gasteiger partial charge in [-0.25, -0.2) is 0 Å². The maximum absolute atomic E-state index is 9.68. The van der Waals surface area contributed by atoms with Gasteiger partial charge in [0.25, 0.3) is 0 Å². The molecule has 1 saturated carbocycles. The number of hydrogen-bond donors (Lipinski definition) is 3. The molecule has 1 aromatic carbocycles. The highest BCUT2D eigenvalue weighted by molar-refractivity contribution is 9.11. The molecule has 2 unspecified atom stereocenters. The van der Waals surface area contributed by atoms with Crippen LogP contribution in [0.1, 0.15) is 31.2 Å². The van der Waals surface area contributed by atoms with Crippen molar-refractivity contribution in [2.24, 2.45) is 5.92 Å². The van der Waals surface area contributed by atoms with Crippen LogP contribution in [0, 0.1) is 5.92 Å². The topological polar surface area (TPSA) is 52.5 Å². The summed E-state index contributed by atoms with van der Waals surface area (Å²) >= 11 is 6.68. The SMILES string of the molecule is OCC1CCCCC1NCc1cc(Br)c(O)c(Br)c1. The summed E-state index contributed by atoms with van der Waals surface area (Å²) in [6.45, 7) is 1.01. The molecule has 0 heterocycles. The van der Waals surface area contributed by atoms with Crippen molar-refractivity contribution in [3.63, 3.8) is 0 Å². The number of phenols is 1. The van der Waals surface area contributed by atoms with Gasteiger partial charge < -0.3 is 15.5 Å². The molecule has 2 rings (SSSR count). The van der Waals surface area contributed by atoms with Crippen LogP contribution in [0.4, 0.5) is 0 Å². The zero-order valence-corrected chi connectivity index (χ0v) is 13.9. The van der Waals surface area contributed by atoms with E-state index in [2.05, 4.69) is 37.2 Å². The van der Waals surface area contributed by atoms with Crippen LogP contribution in [0.3, 0.4) is 0 Å². The van der Waals surface area contributed by atoms with E-state index in [0.717, 1.165) is 24.9 Å². The van der Waals surface area contributed by atoms with Crippen LogP contribution in [-0.4, -0.2) is 22.9 Å². The summed E-state index contributed by atoms with van der Waals surface area (Å²) in [5.74, 6) is 0.604. The Bertz CT molecular complexity index is 416. The van der Waals surface area contributed by atoms with E-state index in [1.54, 1.807) is 0 Å². The van der Waals surface area contributed by atoms with Crippen molar-refractivity contribution in [2.75, 3.05) is 6.61 Å². The highest BCUT2D eigenvalue weighted by atomic mass is 79.9. The lowest BCUT2D eigenvalue weighted by Crippen LogP contribution is -2.39. The molecule has 106 valence electrons. The molecule has 2 atom stereocenters. The van der Waals surface area contributed by atoms with E-state index < -0.39 is 0 Å². The summed E-state index contributed by atoms with van der Waals surface area (Å²) in [5, 5.41) is 22.6. The number of aliphatic hydroxyl groups is 1. The summed E-state index contributed by atoms with van der Waals surface area (Å²) in [4.78, 5) is 0. The van der Waals surface area contributed by atoms with Crippen molar-refractivity contribution in [3.8, 4) is 5.75 Å². The Kier molecular flexibility index (Phi) is 5.69. The first-order valence-corrected chi connectivity index (χ1v) is 8.21. The van der Waals surface area contributed by atoms with Gasteiger partial charge in [0.1, 0.15) is 5.75 Å². The molecule has 19 heavy (non-hydrogen) atoms. The first-order chi connectivity index (χ1) is 9.11. The Morgan fingerprint density at radius 3 is 2.42 bits per heavy atom. The lowest BCUT2D eigenvalue weighted by molar-refractivity contribution is 0.152. The van der Waals surface area contributed by atoms with Crippen molar-refractivity contribution in [3.05, 3.63) is 26.6 Å². The van der Waals surface area contributed by atoms with Gasteiger partial charge in [-0.3, -0.25) is 0 Å². The Balaban J connectivity index is 1.98. The average Bonchev–Trinajstić information content (AvgIpc) is 2.42. The van der Waals surface area contributed by atoms with E-state index in [4.69, 9.17) is 0 Å². The number of halogens is 2. The van der Waals surface area contributed by atoms with Gasteiger partial charge in [-0.05, 0) is 68.3 Å². The second kappa shape index (κ2) is 7.07. The fourth-order valence-corrected chi connectivity index (χ4v) is 3.95. The number of rotatable bonds is 4.